The number of hydrogen-bond donors (Lipinski definition) is 1. The van der Waals surface area contributed by atoms with Crippen molar-refractivity contribution in [2.45, 2.75) is 44.4 Å². The van der Waals surface area contributed by atoms with Crippen LogP contribution in [0.2, 0.25) is 0 Å². The highest BCUT2D eigenvalue weighted by atomic mass is 32.2. The Bertz CT molecular complexity index is 549. The molecule has 5 heteroatoms. The van der Waals surface area contributed by atoms with Crippen LogP contribution in [0.25, 0.3) is 0 Å². The van der Waals surface area contributed by atoms with Crippen molar-refractivity contribution in [2.24, 2.45) is 5.92 Å². The molecule has 0 saturated heterocycles. The number of nitrogen functional groups attached to an aromatic ring is 1. The van der Waals surface area contributed by atoms with E-state index < -0.39 is 10.0 Å². The van der Waals surface area contributed by atoms with Gasteiger partial charge in [-0.25, -0.2) is 12.7 Å². The van der Waals surface area contributed by atoms with Crippen molar-refractivity contribution in [3.63, 3.8) is 0 Å². The number of sulfonamides is 1. The Balaban J connectivity index is 2.06. The molecule has 0 aliphatic heterocycles. The zero-order chi connectivity index (χ0) is 14.8. The maximum atomic E-state index is 12.5. The molecule has 0 unspecified atom stereocenters. The Morgan fingerprint density at radius 1 is 1.25 bits per heavy atom. The average Bonchev–Trinajstić information content (AvgIpc) is 2.38. The van der Waals surface area contributed by atoms with E-state index in [1.165, 1.54) is 0 Å². The molecule has 1 aliphatic carbocycles. The fourth-order valence-electron chi connectivity index (χ4n) is 2.83. The highest BCUT2D eigenvalue weighted by molar-refractivity contribution is 7.88. The van der Waals surface area contributed by atoms with E-state index >= 15 is 0 Å². The molecule has 0 radical (unpaired) electrons. The minimum atomic E-state index is -3.27. The number of rotatable bonds is 4. The topological polar surface area (TPSA) is 63.4 Å². The number of hydrogen-bond acceptors (Lipinski definition) is 3. The summed E-state index contributed by atoms with van der Waals surface area (Å²) < 4.78 is 26.5. The Hall–Kier alpha value is -1.07. The third-order valence-corrected chi connectivity index (χ3v) is 6.11. The molecule has 2 N–H and O–H groups in total. The molecule has 0 bridgehead atoms. The maximum Gasteiger partial charge on any atom is 0.218 e. The van der Waals surface area contributed by atoms with Crippen LogP contribution >= 0.6 is 0 Å². The minimum Gasteiger partial charge on any atom is -0.399 e. The van der Waals surface area contributed by atoms with Gasteiger partial charge in [0.15, 0.2) is 0 Å². The molecule has 0 aromatic heterocycles. The Labute approximate surface area is 122 Å². The smallest absolute Gasteiger partial charge is 0.218 e. The van der Waals surface area contributed by atoms with Crippen LogP contribution in [0.1, 0.15) is 38.2 Å². The van der Waals surface area contributed by atoms with E-state index in [0.717, 1.165) is 37.2 Å². The molecule has 1 aliphatic rings. The van der Waals surface area contributed by atoms with E-state index in [1.54, 1.807) is 29.6 Å². The van der Waals surface area contributed by atoms with E-state index in [9.17, 15) is 8.42 Å². The largest absolute Gasteiger partial charge is 0.399 e. The second kappa shape index (κ2) is 6.14. The quantitative estimate of drug-likeness (QED) is 0.869. The third kappa shape index (κ3) is 3.73. The molecule has 1 aromatic rings. The van der Waals surface area contributed by atoms with E-state index in [2.05, 4.69) is 6.92 Å². The van der Waals surface area contributed by atoms with Crippen LogP contribution in [0, 0.1) is 5.92 Å². The van der Waals surface area contributed by atoms with Crippen molar-refractivity contribution in [1.82, 2.24) is 4.31 Å². The lowest BCUT2D eigenvalue weighted by molar-refractivity contribution is 0.246. The SMILES string of the molecule is CC1CCC(N(C)S(=O)(=O)Cc2cccc(N)c2)CC1. The second-order valence-electron chi connectivity index (χ2n) is 5.93. The first-order valence-electron chi connectivity index (χ1n) is 7.18. The molecule has 0 spiro atoms. The van der Waals surface area contributed by atoms with Gasteiger partial charge in [0.25, 0.3) is 0 Å². The van der Waals surface area contributed by atoms with Gasteiger partial charge in [-0.1, -0.05) is 19.1 Å². The van der Waals surface area contributed by atoms with Gasteiger partial charge in [0.1, 0.15) is 0 Å². The van der Waals surface area contributed by atoms with E-state index in [1.807, 2.05) is 6.07 Å². The normalized spacial score (nSPS) is 23.9. The molecule has 0 heterocycles. The molecule has 0 amide bonds. The summed E-state index contributed by atoms with van der Waals surface area (Å²) in [6.45, 7) is 2.23. The standard InChI is InChI=1S/C15H24N2O2S/c1-12-6-8-15(9-7-12)17(2)20(18,19)11-13-4-3-5-14(16)10-13/h3-5,10,12,15H,6-9,11,16H2,1-2H3. The van der Waals surface area contributed by atoms with E-state index in [0.29, 0.717) is 5.69 Å². The summed E-state index contributed by atoms with van der Waals surface area (Å²) in [5, 5.41) is 0. The number of benzene rings is 1. The van der Waals surface area contributed by atoms with Gasteiger partial charge in [-0.2, -0.15) is 0 Å². The van der Waals surface area contributed by atoms with Crippen LogP contribution in [0.15, 0.2) is 24.3 Å². The molecule has 1 fully saturated rings. The molecule has 0 atom stereocenters. The predicted molar refractivity (Wildman–Crippen MR) is 82.7 cm³/mol. The molecular formula is C15H24N2O2S. The minimum absolute atomic E-state index is 0.0284. The van der Waals surface area contributed by atoms with Crippen LogP contribution in [0.3, 0.4) is 0 Å². The van der Waals surface area contributed by atoms with Crippen LogP contribution in [0.5, 0.6) is 0 Å². The summed E-state index contributed by atoms with van der Waals surface area (Å²) in [6, 6.07) is 7.25. The van der Waals surface area contributed by atoms with Gasteiger partial charge in [0.2, 0.25) is 10.0 Å². The van der Waals surface area contributed by atoms with E-state index in [4.69, 9.17) is 5.73 Å². The lowest BCUT2D eigenvalue weighted by Gasteiger charge is -2.32. The van der Waals surface area contributed by atoms with Crippen LogP contribution in [-0.4, -0.2) is 25.8 Å². The zero-order valence-corrected chi connectivity index (χ0v) is 13.1. The molecule has 20 heavy (non-hydrogen) atoms. The van der Waals surface area contributed by atoms with Crippen LogP contribution in [0.4, 0.5) is 5.69 Å². The van der Waals surface area contributed by atoms with Gasteiger partial charge >= 0.3 is 0 Å². The lowest BCUT2D eigenvalue weighted by atomic mass is 9.87. The van der Waals surface area contributed by atoms with Gasteiger partial charge in [-0.05, 0) is 49.3 Å². The monoisotopic (exact) mass is 296 g/mol. The number of nitrogens with zero attached hydrogens (tertiary/aromatic N) is 1. The van der Waals surface area contributed by atoms with Gasteiger partial charge in [0, 0.05) is 18.8 Å². The van der Waals surface area contributed by atoms with Gasteiger partial charge in [-0.3, -0.25) is 0 Å². The summed E-state index contributed by atoms with van der Waals surface area (Å²) in [4.78, 5) is 0. The molecule has 2 rings (SSSR count). The number of anilines is 1. The zero-order valence-electron chi connectivity index (χ0n) is 12.2. The molecular weight excluding hydrogens is 272 g/mol. The number of nitrogens with two attached hydrogens (primary N) is 1. The van der Waals surface area contributed by atoms with Crippen molar-refractivity contribution < 1.29 is 8.42 Å². The van der Waals surface area contributed by atoms with Crippen molar-refractivity contribution in [1.29, 1.82) is 0 Å². The van der Waals surface area contributed by atoms with Crippen LogP contribution < -0.4 is 5.73 Å². The van der Waals surface area contributed by atoms with Crippen molar-refractivity contribution >= 4 is 15.7 Å². The fourth-order valence-corrected chi connectivity index (χ4v) is 4.30. The summed E-state index contributed by atoms with van der Waals surface area (Å²) >= 11 is 0. The molecule has 112 valence electrons. The van der Waals surface area contributed by atoms with Gasteiger partial charge in [0.05, 0.1) is 5.75 Å². The summed E-state index contributed by atoms with van der Waals surface area (Å²) in [5.41, 5.74) is 7.06. The first kappa shape index (κ1) is 15.3. The predicted octanol–water partition coefficient (Wildman–Crippen LogP) is 2.61. The third-order valence-electron chi connectivity index (χ3n) is 4.24. The highest BCUT2D eigenvalue weighted by Gasteiger charge is 2.29. The Kier molecular flexibility index (Phi) is 4.70. The van der Waals surface area contributed by atoms with Crippen molar-refractivity contribution in [3.8, 4) is 0 Å². The fraction of sp³-hybridized carbons (Fsp3) is 0.600. The maximum absolute atomic E-state index is 12.5. The average molecular weight is 296 g/mol. The highest BCUT2D eigenvalue weighted by Crippen LogP contribution is 2.28. The first-order valence-corrected chi connectivity index (χ1v) is 8.79. The summed E-state index contributed by atoms with van der Waals surface area (Å²) in [6.07, 6.45) is 4.16. The lowest BCUT2D eigenvalue weighted by Crippen LogP contribution is -2.39. The summed E-state index contributed by atoms with van der Waals surface area (Å²) in [7, 11) is -1.56. The first-order chi connectivity index (χ1) is 9.38. The van der Waals surface area contributed by atoms with Crippen molar-refractivity contribution in [3.05, 3.63) is 29.8 Å². The molecule has 4 nitrogen and oxygen atoms in total. The second-order valence-corrected chi connectivity index (χ2v) is 7.96. The van der Waals surface area contributed by atoms with Gasteiger partial charge in [-0.15, -0.1) is 0 Å². The summed E-state index contributed by atoms with van der Waals surface area (Å²) in [5.74, 6) is 0.747. The molecule has 1 aromatic carbocycles. The molecule has 1 saturated carbocycles. The van der Waals surface area contributed by atoms with Crippen LogP contribution in [-0.2, 0) is 15.8 Å². The Morgan fingerprint density at radius 2 is 1.90 bits per heavy atom. The van der Waals surface area contributed by atoms with Crippen molar-refractivity contribution in [2.75, 3.05) is 12.8 Å². The Morgan fingerprint density at radius 3 is 2.50 bits per heavy atom. The van der Waals surface area contributed by atoms with E-state index in [-0.39, 0.29) is 11.8 Å². The van der Waals surface area contributed by atoms with Gasteiger partial charge < -0.3 is 5.73 Å².